The van der Waals surface area contributed by atoms with Crippen molar-refractivity contribution in [3.63, 3.8) is 0 Å². The number of ether oxygens (including phenoxy) is 3. The normalized spacial score (nSPS) is 10.5. The van der Waals surface area contributed by atoms with E-state index in [0.29, 0.717) is 30.6 Å². The molecule has 0 radical (unpaired) electrons. The van der Waals surface area contributed by atoms with Crippen LogP contribution in [0, 0.1) is 5.92 Å². The predicted octanol–water partition coefficient (Wildman–Crippen LogP) is 2.51. The smallest absolute Gasteiger partial charge is 0.338 e. The lowest BCUT2D eigenvalue weighted by Gasteiger charge is -2.14. The Labute approximate surface area is 159 Å². The summed E-state index contributed by atoms with van der Waals surface area (Å²) < 4.78 is 16.1. The average Bonchev–Trinajstić information content (AvgIpc) is 2.57. The van der Waals surface area contributed by atoms with Gasteiger partial charge in [-0.05, 0) is 44.9 Å². The third-order valence-corrected chi connectivity index (χ3v) is 3.06. The van der Waals surface area contributed by atoms with Crippen molar-refractivity contribution in [2.45, 2.75) is 40.7 Å². The number of amides is 3. The van der Waals surface area contributed by atoms with Gasteiger partial charge in [-0.1, -0.05) is 13.8 Å². The first-order valence-corrected chi connectivity index (χ1v) is 8.90. The van der Waals surface area contributed by atoms with Gasteiger partial charge in [-0.15, -0.1) is 0 Å². The minimum atomic E-state index is -0.719. The van der Waals surface area contributed by atoms with Crippen LogP contribution in [0.25, 0.3) is 0 Å². The molecular weight excluding hydrogens is 352 g/mol. The first kappa shape index (κ1) is 22.3. The van der Waals surface area contributed by atoms with Gasteiger partial charge in [0.25, 0.3) is 5.91 Å². The van der Waals surface area contributed by atoms with E-state index in [1.165, 1.54) is 12.1 Å². The van der Waals surface area contributed by atoms with Gasteiger partial charge in [0.1, 0.15) is 0 Å². The van der Waals surface area contributed by atoms with Crippen molar-refractivity contribution in [1.82, 2.24) is 10.6 Å². The van der Waals surface area contributed by atoms with E-state index < -0.39 is 24.5 Å². The van der Waals surface area contributed by atoms with Crippen LogP contribution in [-0.2, 0) is 9.53 Å². The molecule has 0 unspecified atom stereocenters. The second-order valence-electron chi connectivity index (χ2n) is 6.55. The molecule has 150 valence electrons. The van der Waals surface area contributed by atoms with Crippen molar-refractivity contribution in [1.29, 1.82) is 0 Å². The zero-order chi connectivity index (χ0) is 20.4. The van der Waals surface area contributed by atoms with E-state index >= 15 is 0 Å². The highest BCUT2D eigenvalue weighted by molar-refractivity contribution is 5.97. The quantitative estimate of drug-likeness (QED) is 0.638. The number of carbonyl (C=O) groups is 3. The number of urea groups is 1. The SMILES string of the molecule is CCOc1cc(C(=O)OCC(=O)NC(=O)NC(C)C)ccc1OCC(C)C. The Morgan fingerprint density at radius 1 is 1.04 bits per heavy atom. The van der Waals surface area contributed by atoms with Crippen LogP contribution >= 0.6 is 0 Å². The summed E-state index contributed by atoms with van der Waals surface area (Å²) in [6.45, 7) is 9.75. The van der Waals surface area contributed by atoms with Crippen LogP contribution in [0.5, 0.6) is 11.5 Å². The first-order valence-electron chi connectivity index (χ1n) is 8.90. The van der Waals surface area contributed by atoms with Crippen molar-refractivity contribution in [3.8, 4) is 11.5 Å². The number of carbonyl (C=O) groups excluding carboxylic acids is 3. The Bertz CT molecular complexity index is 658. The highest BCUT2D eigenvalue weighted by Gasteiger charge is 2.16. The number of hydrogen-bond acceptors (Lipinski definition) is 6. The van der Waals surface area contributed by atoms with E-state index in [4.69, 9.17) is 14.2 Å². The van der Waals surface area contributed by atoms with E-state index in [-0.39, 0.29) is 11.6 Å². The molecule has 0 fully saturated rings. The summed E-state index contributed by atoms with van der Waals surface area (Å²) in [4.78, 5) is 35.2. The molecular formula is C19H28N2O6. The van der Waals surface area contributed by atoms with Gasteiger partial charge in [0.15, 0.2) is 18.1 Å². The molecule has 0 aliphatic carbocycles. The van der Waals surface area contributed by atoms with Crippen molar-refractivity contribution in [2.24, 2.45) is 5.92 Å². The number of rotatable bonds is 9. The lowest BCUT2D eigenvalue weighted by molar-refractivity contribution is -0.123. The number of imide groups is 1. The van der Waals surface area contributed by atoms with E-state index in [2.05, 4.69) is 10.6 Å². The van der Waals surface area contributed by atoms with Crippen LogP contribution in [-0.4, -0.2) is 43.8 Å². The van der Waals surface area contributed by atoms with E-state index in [9.17, 15) is 14.4 Å². The molecule has 0 atom stereocenters. The fourth-order valence-corrected chi connectivity index (χ4v) is 1.95. The second-order valence-corrected chi connectivity index (χ2v) is 6.55. The predicted molar refractivity (Wildman–Crippen MR) is 100 cm³/mol. The lowest BCUT2D eigenvalue weighted by Crippen LogP contribution is -2.44. The second kappa shape index (κ2) is 11.1. The molecule has 0 saturated carbocycles. The molecule has 1 aromatic rings. The topological polar surface area (TPSA) is 103 Å². The molecule has 0 spiro atoms. The van der Waals surface area contributed by atoms with Crippen molar-refractivity contribution in [2.75, 3.05) is 19.8 Å². The van der Waals surface area contributed by atoms with Crippen LogP contribution in [0.3, 0.4) is 0 Å². The Morgan fingerprint density at radius 2 is 1.74 bits per heavy atom. The van der Waals surface area contributed by atoms with Gasteiger partial charge in [0.05, 0.1) is 18.8 Å². The summed E-state index contributed by atoms with van der Waals surface area (Å²) in [5.41, 5.74) is 0.217. The molecule has 0 saturated heterocycles. The third kappa shape index (κ3) is 8.44. The summed E-state index contributed by atoms with van der Waals surface area (Å²) in [5, 5.41) is 4.57. The minimum absolute atomic E-state index is 0.117. The van der Waals surface area contributed by atoms with Gasteiger partial charge in [-0.3, -0.25) is 10.1 Å². The summed E-state index contributed by atoms with van der Waals surface area (Å²) >= 11 is 0. The highest BCUT2D eigenvalue weighted by atomic mass is 16.5. The molecule has 27 heavy (non-hydrogen) atoms. The van der Waals surface area contributed by atoms with Crippen LogP contribution < -0.4 is 20.1 Å². The zero-order valence-corrected chi connectivity index (χ0v) is 16.5. The molecule has 2 N–H and O–H groups in total. The number of benzene rings is 1. The summed E-state index contributed by atoms with van der Waals surface area (Å²) in [7, 11) is 0. The first-order chi connectivity index (χ1) is 12.7. The van der Waals surface area contributed by atoms with E-state index in [0.717, 1.165) is 0 Å². The molecule has 1 aromatic carbocycles. The Kier molecular flexibility index (Phi) is 9.12. The molecule has 0 aromatic heterocycles. The maximum atomic E-state index is 12.1. The number of nitrogens with one attached hydrogen (secondary N) is 2. The fraction of sp³-hybridized carbons (Fsp3) is 0.526. The molecule has 8 nitrogen and oxygen atoms in total. The number of esters is 1. The third-order valence-electron chi connectivity index (χ3n) is 3.06. The Morgan fingerprint density at radius 3 is 2.33 bits per heavy atom. The molecule has 0 bridgehead atoms. The molecule has 1 rings (SSSR count). The van der Waals surface area contributed by atoms with Gasteiger partial charge >= 0.3 is 12.0 Å². The van der Waals surface area contributed by atoms with E-state index in [1.807, 2.05) is 20.8 Å². The average molecular weight is 380 g/mol. The molecule has 0 aliphatic heterocycles. The molecule has 0 aliphatic rings. The van der Waals surface area contributed by atoms with Crippen LogP contribution in [0.2, 0.25) is 0 Å². The number of hydrogen-bond donors (Lipinski definition) is 2. The van der Waals surface area contributed by atoms with Crippen LogP contribution in [0.4, 0.5) is 4.79 Å². The van der Waals surface area contributed by atoms with Gasteiger partial charge in [-0.25, -0.2) is 9.59 Å². The maximum Gasteiger partial charge on any atom is 0.338 e. The molecule has 0 heterocycles. The molecule has 3 amide bonds. The highest BCUT2D eigenvalue weighted by Crippen LogP contribution is 2.29. The van der Waals surface area contributed by atoms with Crippen molar-refractivity contribution >= 4 is 17.9 Å². The fourth-order valence-electron chi connectivity index (χ4n) is 1.95. The summed E-state index contributed by atoms with van der Waals surface area (Å²) in [6.07, 6.45) is 0. The standard InChI is InChI=1S/C19H28N2O6/c1-6-25-16-9-14(7-8-15(16)26-10-12(2)3)18(23)27-11-17(22)21-19(24)20-13(4)5/h7-9,12-13H,6,10-11H2,1-5H3,(H2,20,21,22,24). The van der Waals surface area contributed by atoms with E-state index in [1.54, 1.807) is 19.9 Å². The monoisotopic (exact) mass is 380 g/mol. The Hall–Kier alpha value is -2.77. The van der Waals surface area contributed by atoms with Gasteiger partial charge in [-0.2, -0.15) is 0 Å². The largest absolute Gasteiger partial charge is 0.490 e. The Balaban J connectivity index is 2.67. The lowest BCUT2D eigenvalue weighted by atomic mass is 10.2. The zero-order valence-electron chi connectivity index (χ0n) is 16.5. The van der Waals surface area contributed by atoms with Gasteiger partial charge in [0, 0.05) is 6.04 Å². The van der Waals surface area contributed by atoms with Crippen molar-refractivity contribution in [3.05, 3.63) is 23.8 Å². The molecule has 8 heteroatoms. The summed E-state index contributed by atoms with van der Waals surface area (Å²) in [5.74, 6) is -0.122. The minimum Gasteiger partial charge on any atom is -0.490 e. The van der Waals surface area contributed by atoms with Crippen LogP contribution in [0.1, 0.15) is 45.0 Å². The van der Waals surface area contributed by atoms with Crippen molar-refractivity contribution < 1.29 is 28.6 Å². The summed E-state index contributed by atoms with van der Waals surface area (Å²) in [6, 6.07) is 3.90. The van der Waals surface area contributed by atoms with Crippen LogP contribution in [0.15, 0.2) is 18.2 Å². The maximum absolute atomic E-state index is 12.1. The van der Waals surface area contributed by atoms with Gasteiger partial charge < -0.3 is 19.5 Å². The van der Waals surface area contributed by atoms with Gasteiger partial charge in [0.2, 0.25) is 0 Å².